The minimum absolute atomic E-state index is 0.0125. The zero-order chi connectivity index (χ0) is 49.9. The highest BCUT2D eigenvalue weighted by Crippen LogP contribution is 2.45. The molecule has 6 aromatic rings. The molecule has 6 rings (SSSR count). The van der Waals surface area contributed by atoms with Gasteiger partial charge in [-0.3, -0.25) is 23.6 Å². The molecule has 0 radical (unpaired) electrons. The number of benzene rings is 5. The second-order valence-corrected chi connectivity index (χ2v) is 17.9. The Labute approximate surface area is 380 Å². The third kappa shape index (κ3) is 10.9. The smallest absolute Gasteiger partial charge is 0.338 e. The quantitative estimate of drug-likeness (QED) is 0.0381. The molecular formula is C38H32N8O19S3. The van der Waals surface area contributed by atoms with E-state index in [2.05, 4.69) is 35.8 Å². The summed E-state index contributed by atoms with van der Waals surface area (Å²) in [5, 5.41) is 75.5. The van der Waals surface area contributed by atoms with Crippen LogP contribution in [0.15, 0.2) is 123 Å². The molecule has 0 fully saturated rings. The molecule has 356 valence electrons. The molecule has 5 aromatic carbocycles. The molecule has 0 spiro atoms. The first kappa shape index (κ1) is 49.6. The number of nitrogens with zero attached hydrogens (tertiary/aromatic N) is 7. The number of aromatic hydroxyl groups is 1. The first-order valence-electron chi connectivity index (χ1n) is 18.6. The number of azo groups is 3. The van der Waals surface area contributed by atoms with Gasteiger partial charge in [0.15, 0.2) is 11.4 Å². The maximum atomic E-state index is 13.5. The van der Waals surface area contributed by atoms with E-state index >= 15 is 0 Å². The molecule has 27 nitrogen and oxygen atoms in total. The van der Waals surface area contributed by atoms with Crippen LogP contribution in [0.3, 0.4) is 0 Å². The number of H-pyrrole nitrogens is 1. The van der Waals surface area contributed by atoms with Crippen molar-refractivity contribution in [1.29, 1.82) is 0 Å². The van der Waals surface area contributed by atoms with Crippen molar-refractivity contribution in [3.8, 4) is 22.9 Å². The lowest BCUT2D eigenvalue weighted by Crippen LogP contribution is -2.14. The van der Waals surface area contributed by atoms with Crippen LogP contribution in [0.2, 0.25) is 0 Å². The fourth-order valence-corrected chi connectivity index (χ4v) is 7.70. The van der Waals surface area contributed by atoms with Crippen LogP contribution >= 0.6 is 0 Å². The molecule has 68 heavy (non-hydrogen) atoms. The van der Waals surface area contributed by atoms with Crippen LogP contribution in [0.4, 0.5) is 34.1 Å². The van der Waals surface area contributed by atoms with Crippen LogP contribution in [0, 0.1) is 6.92 Å². The summed E-state index contributed by atoms with van der Waals surface area (Å²) in [7, 11) is -14.8. The second-order valence-electron chi connectivity index (χ2n) is 13.6. The minimum atomic E-state index is -5.24. The topological polar surface area (TPSA) is 429 Å². The maximum absolute atomic E-state index is 13.5. The number of carboxylic acid groups (broad SMARTS) is 2. The number of aromatic amines is 1. The zero-order valence-electron chi connectivity index (χ0n) is 34.2. The van der Waals surface area contributed by atoms with Crippen molar-refractivity contribution in [2.24, 2.45) is 30.7 Å². The number of phenolic OH excluding ortho intramolecular Hbond substituents is 1. The van der Waals surface area contributed by atoms with Gasteiger partial charge in [-0.15, -0.1) is 30.7 Å². The summed E-state index contributed by atoms with van der Waals surface area (Å²) < 4.78 is 113. The molecule has 0 aliphatic heterocycles. The van der Waals surface area contributed by atoms with Crippen molar-refractivity contribution in [1.82, 2.24) is 9.78 Å². The van der Waals surface area contributed by atoms with Crippen molar-refractivity contribution in [2.45, 2.75) is 21.6 Å². The fourth-order valence-electron chi connectivity index (χ4n) is 6.03. The predicted octanol–water partition coefficient (Wildman–Crippen LogP) is 5.46. The summed E-state index contributed by atoms with van der Waals surface area (Å²) in [5.41, 5.74) is -4.56. The standard InChI is InChI=1S/C38H32N8O19S3/c1-18-33(43-40-27-7-4-22(67(58,59)60)15-25(27)38(53)54)36(50)46(45-18)20-2-5-23-19(12-20)13-32(68(61,62)63)34(35(23)49)44-42-29-17-30(64-10-8-47)28(16-31(29)65-11-9-48)41-39-26-6-3-21(66(55,56)57)14-24(26)37(51)52/h2-7,12-17,45,47-49H,8-11H2,1H3,(H,51,52)(H,53,54)(H,55,56,57)(H,58,59,60)(H,61,62,63). The van der Waals surface area contributed by atoms with Gasteiger partial charge in [-0.25, -0.2) is 14.3 Å². The highest BCUT2D eigenvalue weighted by Gasteiger charge is 2.25. The fraction of sp³-hybridized carbons (Fsp3) is 0.132. The van der Waals surface area contributed by atoms with E-state index in [0.29, 0.717) is 12.1 Å². The van der Waals surface area contributed by atoms with E-state index < -0.39 is 98.3 Å². The molecule has 0 saturated carbocycles. The Hall–Kier alpha value is -7.84. The van der Waals surface area contributed by atoms with Crippen molar-refractivity contribution in [2.75, 3.05) is 26.4 Å². The number of aryl methyl sites for hydroxylation is 1. The van der Waals surface area contributed by atoms with E-state index in [1.165, 1.54) is 25.1 Å². The first-order chi connectivity index (χ1) is 31.9. The van der Waals surface area contributed by atoms with Crippen molar-refractivity contribution < 1.29 is 83.5 Å². The number of aromatic carboxylic acids is 2. The highest BCUT2D eigenvalue weighted by molar-refractivity contribution is 7.86. The van der Waals surface area contributed by atoms with Crippen molar-refractivity contribution >= 4 is 87.2 Å². The number of ether oxygens (including phenoxy) is 2. The predicted molar refractivity (Wildman–Crippen MR) is 231 cm³/mol. The normalized spacial score (nSPS) is 12.4. The van der Waals surface area contributed by atoms with Gasteiger partial charge in [0.05, 0.1) is 45.5 Å². The van der Waals surface area contributed by atoms with E-state index in [-0.39, 0.29) is 75.3 Å². The average molecular weight is 1000 g/mol. The number of aliphatic hydroxyl groups is 2. The number of aromatic nitrogens is 2. The number of carbonyl (C=O) groups is 2. The number of aliphatic hydroxyl groups excluding tert-OH is 2. The summed E-state index contributed by atoms with van der Waals surface area (Å²) in [5.74, 6) is -4.60. The molecule has 0 unspecified atom stereocenters. The van der Waals surface area contributed by atoms with Crippen LogP contribution in [0.1, 0.15) is 26.4 Å². The number of nitrogens with one attached hydrogen (secondary N) is 1. The Morgan fingerprint density at radius 3 is 1.56 bits per heavy atom. The third-order valence-electron chi connectivity index (χ3n) is 9.12. The van der Waals surface area contributed by atoms with E-state index in [1.54, 1.807) is 0 Å². The van der Waals surface area contributed by atoms with Gasteiger partial charge >= 0.3 is 11.9 Å². The Kier molecular flexibility index (Phi) is 14.3. The molecule has 9 N–H and O–H groups in total. The van der Waals surface area contributed by atoms with Gasteiger partial charge in [-0.2, -0.15) is 25.3 Å². The number of phenols is 1. The van der Waals surface area contributed by atoms with Crippen LogP contribution in [0.25, 0.3) is 16.5 Å². The summed E-state index contributed by atoms with van der Waals surface area (Å²) in [6.07, 6.45) is 0. The minimum Gasteiger partial charge on any atom is -0.505 e. The number of carboxylic acids is 2. The molecule has 0 aliphatic carbocycles. The number of fused-ring (bicyclic) bond motifs is 1. The van der Waals surface area contributed by atoms with Gasteiger partial charge in [0, 0.05) is 17.5 Å². The van der Waals surface area contributed by atoms with Crippen LogP contribution in [0.5, 0.6) is 17.2 Å². The van der Waals surface area contributed by atoms with E-state index in [0.717, 1.165) is 47.1 Å². The van der Waals surface area contributed by atoms with Crippen molar-refractivity contribution in [3.63, 3.8) is 0 Å². The third-order valence-corrected chi connectivity index (χ3v) is 11.7. The second kappa shape index (κ2) is 19.6. The molecule has 1 heterocycles. The molecule has 30 heteroatoms. The summed E-state index contributed by atoms with van der Waals surface area (Å²) >= 11 is 0. The van der Waals surface area contributed by atoms with Gasteiger partial charge in [0.1, 0.15) is 58.0 Å². The lowest BCUT2D eigenvalue weighted by Gasteiger charge is -2.13. The summed E-state index contributed by atoms with van der Waals surface area (Å²) in [4.78, 5) is 34.7. The van der Waals surface area contributed by atoms with Crippen LogP contribution < -0.4 is 15.0 Å². The van der Waals surface area contributed by atoms with Gasteiger partial charge < -0.3 is 35.0 Å². The van der Waals surface area contributed by atoms with E-state index in [1.807, 2.05) is 0 Å². The lowest BCUT2D eigenvalue weighted by molar-refractivity contribution is 0.0686. The van der Waals surface area contributed by atoms with Gasteiger partial charge in [0.2, 0.25) is 0 Å². The van der Waals surface area contributed by atoms with Crippen LogP contribution in [-0.2, 0) is 30.4 Å². The van der Waals surface area contributed by atoms with Crippen molar-refractivity contribution in [3.05, 3.63) is 100.0 Å². The van der Waals surface area contributed by atoms with E-state index in [9.17, 15) is 78.8 Å². The largest absolute Gasteiger partial charge is 0.505 e. The molecule has 0 atom stereocenters. The molecule has 0 saturated heterocycles. The molecule has 0 amide bonds. The van der Waals surface area contributed by atoms with E-state index in [4.69, 9.17) is 9.47 Å². The zero-order valence-corrected chi connectivity index (χ0v) is 36.6. The first-order valence-corrected chi connectivity index (χ1v) is 22.9. The molecular weight excluding hydrogens is 969 g/mol. The maximum Gasteiger partial charge on any atom is 0.338 e. The summed E-state index contributed by atoms with van der Waals surface area (Å²) in [6, 6.07) is 11.7. The SMILES string of the molecule is Cc1[nH]n(-c2ccc3c(O)c(N=Nc4cc(OCCO)c(N=Nc5ccc(S(=O)(=O)O)cc5C(=O)O)cc4OCCO)c(S(=O)(=O)O)cc3c2)c(=O)c1N=Nc1ccc(S(=O)(=O)O)cc1C(=O)O. The average Bonchev–Trinajstić information content (AvgIpc) is 3.56. The number of rotatable bonds is 18. The monoisotopic (exact) mass is 1000 g/mol. The Balaban J connectivity index is 1.41. The lowest BCUT2D eigenvalue weighted by atomic mass is 10.1. The van der Waals surface area contributed by atoms with Gasteiger partial charge in [0.25, 0.3) is 35.9 Å². The number of hydrogen-bond donors (Lipinski definition) is 9. The Morgan fingerprint density at radius 2 is 1.09 bits per heavy atom. The van der Waals surface area contributed by atoms with Crippen LogP contribution in [-0.4, -0.2) is 113 Å². The molecule has 0 aliphatic rings. The highest BCUT2D eigenvalue weighted by atomic mass is 32.2. The Bertz CT molecular complexity index is 3530. The Morgan fingerprint density at radius 1 is 0.618 bits per heavy atom. The summed E-state index contributed by atoms with van der Waals surface area (Å²) in [6.45, 7) is -0.451. The van der Waals surface area contributed by atoms with Gasteiger partial charge in [-0.05, 0) is 73.0 Å². The molecule has 0 bridgehead atoms. The number of hydrogen-bond acceptors (Lipinski definition) is 20. The molecule has 1 aromatic heterocycles. The van der Waals surface area contributed by atoms with Gasteiger partial charge in [-0.1, -0.05) is 0 Å².